The van der Waals surface area contributed by atoms with Crippen LogP contribution in [-0.2, 0) is 38.0 Å². The molecule has 23 unspecified atom stereocenters. The number of hydrogen-bond donors (Lipinski definition) is 10. The summed E-state index contributed by atoms with van der Waals surface area (Å²) in [4.78, 5) is 11.8. The van der Waals surface area contributed by atoms with Gasteiger partial charge in [-0.15, -0.1) is 0 Å². The summed E-state index contributed by atoms with van der Waals surface area (Å²) in [6, 6.07) is 0. The first-order valence-electron chi connectivity index (χ1n) is 21.2. The SMILES string of the molecule is C=C1C(C2=CC(=O)OC2)CCC2(O)C1CC1C2CCC2CC(OC3OC(C)C(OC4OC(COC5OC(CO)C(O)C(O)C5O)C(O)C(O)C4O)C(O)C3O)CCC21C. The fourth-order valence-corrected chi connectivity index (χ4v) is 12.1. The van der Waals surface area contributed by atoms with Crippen molar-refractivity contribution in [3.63, 3.8) is 0 Å². The Balaban J connectivity index is 0.860. The first-order valence-corrected chi connectivity index (χ1v) is 21.2. The second kappa shape index (κ2) is 16.8. The van der Waals surface area contributed by atoms with Crippen molar-refractivity contribution in [1.29, 1.82) is 0 Å². The molecule has 59 heavy (non-hydrogen) atoms. The van der Waals surface area contributed by atoms with E-state index in [1.165, 1.54) is 0 Å². The molecule has 8 aliphatic rings. The number of carbonyl (C=O) groups excluding carboxylic acids is 1. The summed E-state index contributed by atoms with van der Waals surface area (Å²) in [5, 5.41) is 107. The third-order valence-corrected chi connectivity index (χ3v) is 15.6. The van der Waals surface area contributed by atoms with E-state index in [0.29, 0.717) is 25.2 Å². The molecule has 8 rings (SSSR count). The molecule has 0 aromatic rings. The zero-order valence-electron chi connectivity index (χ0n) is 33.4. The van der Waals surface area contributed by atoms with Crippen LogP contribution in [0.4, 0.5) is 0 Å². The third-order valence-electron chi connectivity index (χ3n) is 15.6. The predicted molar refractivity (Wildman–Crippen MR) is 198 cm³/mol. The van der Waals surface area contributed by atoms with Crippen molar-refractivity contribution in [1.82, 2.24) is 0 Å². The molecule has 0 aromatic heterocycles. The summed E-state index contributed by atoms with van der Waals surface area (Å²) in [7, 11) is 0. The Kier molecular flexibility index (Phi) is 12.5. The van der Waals surface area contributed by atoms with Crippen LogP contribution in [0.15, 0.2) is 23.8 Å². The summed E-state index contributed by atoms with van der Waals surface area (Å²) in [5.41, 5.74) is 1.08. The minimum Gasteiger partial charge on any atom is -0.458 e. The molecule has 0 amide bonds. The number of fused-ring (bicyclic) bond motifs is 5. The number of aliphatic hydroxyl groups excluding tert-OH is 9. The largest absolute Gasteiger partial charge is 0.458 e. The molecule has 23 atom stereocenters. The zero-order chi connectivity index (χ0) is 42.3. The van der Waals surface area contributed by atoms with Crippen molar-refractivity contribution in [3.8, 4) is 0 Å². The van der Waals surface area contributed by atoms with Gasteiger partial charge in [-0.2, -0.15) is 0 Å². The molecule has 4 aliphatic heterocycles. The van der Waals surface area contributed by atoms with Crippen LogP contribution >= 0.6 is 0 Å². The topological polar surface area (TPSA) is 284 Å². The van der Waals surface area contributed by atoms with E-state index in [1.54, 1.807) is 13.0 Å². The van der Waals surface area contributed by atoms with Gasteiger partial charge in [0.05, 0.1) is 31.0 Å². The maximum Gasteiger partial charge on any atom is 0.331 e. The highest BCUT2D eigenvalue weighted by Gasteiger charge is 2.65. The van der Waals surface area contributed by atoms with Crippen LogP contribution in [-0.4, -0.2) is 181 Å². The normalized spacial score (nSPS) is 53.9. The summed E-state index contributed by atoms with van der Waals surface area (Å²) < 4.78 is 40.1. The molecule has 0 bridgehead atoms. The molecular weight excluding hydrogens is 780 g/mol. The highest BCUT2D eigenvalue weighted by Crippen LogP contribution is 2.67. The molecule has 7 fully saturated rings. The van der Waals surface area contributed by atoms with Gasteiger partial charge in [-0.25, -0.2) is 4.79 Å². The first-order chi connectivity index (χ1) is 28.0. The summed E-state index contributed by atoms with van der Waals surface area (Å²) in [6.45, 7) is 7.44. The molecule has 4 saturated carbocycles. The third kappa shape index (κ3) is 7.65. The number of hydrogen-bond acceptors (Lipinski definition) is 18. The maximum absolute atomic E-state index is 12.3. The van der Waals surface area contributed by atoms with Crippen molar-refractivity contribution in [2.45, 2.75) is 169 Å². The van der Waals surface area contributed by atoms with E-state index in [4.69, 9.17) is 33.2 Å². The van der Waals surface area contributed by atoms with E-state index in [2.05, 4.69) is 13.5 Å². The Morgan fingerprint density at radius 1 is 0.763 bits per heavy atom. The lowest BCUT2D eigenvalue weighted by molar-refractivity contribution is -0.365. The second-order valence-electron chi connectivity index (χ2n) is 18.6. The molecule has 0 radical (unpaired) electrons. The van der Waals surface area contributed by atoms with Gasteiger partial charge in [0.2, 0.25) is 0 Å². The molecule has 334 valence electrons. The van der Waals surface area contributed by atoms with Crippen LogP contribution in [0.2, 0.25) is 0 Å². The quantitative estimate of drug-likeness (QED) is 0.0675. The van der Waals surface area contributed by atoms with Gasteiger partial charge >= 0.3 is 5.97 Å². The van der Waals surface area contributed by atoms with Crippen molar-refractivity contribution >= 4 is 5.97 Å². The van der Waals surface area contributed by atoms with E-state index in [0.717, 1.165) is 43.3 Å². The van der Waals surface area contributed by atoms with Crippen LogP contribution in [0, 0.1) is 35.0 Å². The van der Waals surface area contributed by atoms with Crippen molar-refractivity contribution in [3.05, 3.63) is 23.8 Å². The van der Waals surface area contributed by atoms with Crippen LogP contribution in [0.1, 0.15) is 65.2 Å². The average molecular weight is 843 g/mol. The Bertz CT molecular complexity index is 1580. The Hall–Kier alpha value is -1.69. The monoisotopic (exact) mass is 842 g/mol. The molecule has 10 N–H and O–H groups in total. The van der Waals surface area contributed by atoms with Gasteiger partial charge in [0.25, 0.3) is 0 Å². The second-order valence-corrected chi connectivity index (χ2v) is 18.6. The van der Waals surface area contributed by atoms with Gasteiger partial charge in [-0.3, -0.25) is 0 Å². The highest BCUT2D eigenvalue weighted by atomic mass is 16.8. The molecule has 18 heteroatoms. The van der Waals surface area contributed by atoms with Gasteiger partial charge in [-0.05, 0) is 87.0 Å². The summed E-state index contributed by atoms with van der Waals surface area (Å²) in [6.07, 6.45) is -15.2. The minimum absolute atomic E-state index is 0.0358. The summed E-state index contributed by atoms with van der Waals surface area (Å²) in [5.74, 6) is 0.396. The van der Waals surface area contributed by atoms with Crippen LogP contribution in [0.3, 0.4) is 0 Å². The Morgan fingerprint density at radius 2 is 1.42 bits per heavy atom. The van der Waals surface area contributed by atoms with Gasteiger partial charge in [0.1, 0.15) is 73.8 Å². The fourth-order valence-electron chi connectivity index (χ4n) is 12.1. The van der Waals surface area contributed by atoms with Gasteiger partial charge in [0, 0.05) is 17.9 Å². The van der Waals surface area contributed by atoms with Gasteiger partial charge in [0.15, 0.2) is 18.9 Å². The number of ether oxygens (including phenoxy) is 7. The van der Waals surface area contributed by atoms with E-state index in [1.807, 2.05) is 0 Å². The van der Waals surface area contributed by atoms with Gasteiger partial charge < -0.3 is 84.2 Å². The Morgan fingerprint density at radius 3 is 2.12 bits per heavy atom. The van der Waals surface area contributed by atoms with Crippen molar-refractivity contribution in [2.24, 2.45) is 35.0 Å². The lowest BCUT2D eigenvalue weighted by atomic mass is 9.51. The standard InChI is InChI=1S/C41H62O18/c1-16-21(18-10-27(43)53-14-18)7-9-41(52)22-5-4-19-11-20(6-8-40(19,3)24(22)12-23(16)41)56-38-35(51)32(48)36(17(2)55-38)59-39-34(50)31(47)29(45)26(58-39)15-54-37-33(49)30(46)28(44)25(13-42)57-37/h10,17,19-26,28-39,42,44-52H,1,4-9,11-15H2,2-3H3. The van der Waals surface area contributed by atoms with Crippen LogP contribution in [0.5, 0.6) is 0 Å². The van der Waals surface area contributed by atoms with Crippen molar-refractivity contribution < 1.29 is 89.0 Å². The number of rotatable bonds is 9. The molecule has 0 spiro atoms. The van der Waals surface area contributed by atoms with Crippen LogP contribution in [0.25, 0.3) is 0 Å². The molecule has 4 heterocycles. The van der Waals surface area contributed by atoms with E-state index >= 15 is 0 Å². The first kappa shape index (κ1) is 43.9. The molecular formula is C41H62O18. The maximum atomic E-state index is 12.3. The number of aliphatic hydroxyl groups is 10. The van der Waals surface area contributed by atoms with Crippen LogP contribution < -0.4 is 0 Å². The number of esters is 1. The minimum atomic E-state index is -1.81. The molecule has 4 aliphatic carbocycles. The number of carbonyl (C=O) groups is 1. The predicted octanol–water partition coefficient (Wildman–Crippen LogP) is -2.12. The van der Waals surface area contributed by atoms with Crippen molar-refractivity contribution in [2.75, 3.05) is 19.8 Å². The van der Waals surface area contributed by atoms with Gasteiger partial charge in [-0.1, -0.05) is 19.1 Å². The zero-order valence-corrected chi connectivity index (χ0v) is 33.4. The molecule has 18 nitrogen and oxygen atoms in total. The number of cyclic esters (lactones) is 1. The Labute approximate surface area is 342 Å². The average Bonchev–Trinajstić information content (AvgIpc) is 3.78. The highest BCUT2D eigenvalue weighted by molar-refractivity contribution is 5.85. The molecule has 3 saturated heterocycles. The smallest absolute Gasteiger partial charge is 0.331 e. The lowest BCUT2D eigenvalue weighted by Crippen LogP contribution is -2.64. The van der Waals surface area contributed by atoms with E-state index in [9.17, 15) is 55.9 Å². The summed E-state index contributed by atoms with van der Waals surface area (Å²) >= 11 is 0. The van der Waals surface area contributed by atoms with E-state index in [-0.39, 0.29) is 47.8 Å². The van der Waals surface area contributed by atoms with E-state index < -0.39 is 111 Å². The lowest BCUT2D eigenvalue weighted by Gasteiger charge is -2.55. The molecule has 0 aromatic carbocycles. The fraction of sp³-hybridized carbons (Fsp3) is 0.878.